The Kier molecular flexibility index (Phi) is 6.05. The summed E-state index contributed by atoms with van der Waals surface area (Å²) < 4.78 is 34.8. The summed E-state index contributed by atoms with van der Waals surface area (Å²) in [6.45, 7) is 6.93. The number of hydrogen-bond acceptors (Lipinski definition) is 8. The van der Waals surface area contributed by atoms with Crippen molar-refractivity contribution >= 4 is 32.9 Å². The Hall–Kier alpha value is -3.18. The van der Waals surface area contributed by atoms with E-state index in [1.54, 1.807) is 35.0 Å². The van der Waals surface area contributed by atoms with E-state index in [9.17, 15) is 8.42 Å². The summed E-state index contributed by atoms with van der Waals surface area (Å²) >= 11 is 0. The van der Waals surface area contributed by atoms with Gasteiger partial charge in [-0.05, 0) is 38.1 Å². The highest BCUT2D eigenvalue weighted by atomic mass is 32.2. The minimum Gasteiger partial charge on any atom is -0.378 e. The Morgan fingerprint density at radius 2 is 1.81 bits per heavy atom. The molecule has 0 unspecified atom stereocenters. The SMILES string of the molecule is CC(C)n1cnc(S(=O)(=O)Nc2ccc(Nc3cc(N4CCOCC4)cnn3)cc2)c1. The van der Waals surface area contributed by atoms with Crippen LogP contribution < -0.4 is 14.9 Å². The highest BCUT2D eigenvalue weighted by Crippen LogP contribution is 2.23. The van der Waals surface area contributed by atoms with E-state index >= 15 is 0 Å². The van der Waals surface area contributed by atoms with E-state index in [2.05, 4.69) is 30.1 Å². The number of sulfonamides is 1. The third-order valence-corrected chi connectivity index (χ3v) is 6.14. The van der Waals surface area contributed by atoms with Gasteiger partial charge in [0.15, 0.2) is 10.8 Å². The molecule has 1 saturated heterocycles. The van der Waals surface area contributed by atoms with Crippen LogP contribution in [0.1, 0.15) is 19.9 Å². The summed E-state index contributed by atoms with van der Waals surface area (Å²) in [5.41, 5.74) is 2.18. The minimum atomic E-state index is -3.76. The molecule has 0 bridgehead atoms. The molecule has 2 aromatic heterocycles. The molecular formula is C20H25N7O3S. The van der Waals surface area contributed by atoms with Gasteiger partial charge in [0.2, 0.25) is 0 Å². The van der Waals surface area contributed by atoms with Crippen molar-refractivity contribution in [2.24, 2.45) is 0 Å². The zero-order valence-electron chi connectivity index (χ0n) is 17.4. The van der Waals surface area contributed by atoms with Crippen LogP contribution in [0.5, 0.6) is 0 Å². The van der Waals surface area contributed by atoms with Gasteiger partial charge >= 0.3 is 0 Å². The molecule has 11 heteroatoms. The fourth-order valence-corrected chi connectivity index (χ4v) is 4.13. The van der Waals surface area contributed by atoms with Crippen LogP contribution in [-0.4, -0.2) is 54.5 Å². The first-order chi connectivity index (χ1) is 14.9. The van der Waals surface area contributed by atoms with E-state index < -0.39 is 10.0 Å². The second kappa shape index (κ2) is 8.90. The lowest BCUT2D eigenvalue weighted by atomic mass is 10.3. The van der Waals surface area contributed by atoms with Crippen molar-refractivity contribution in [1.29, 1.82) is 0 Å². The highest BCUT2D eigenvalue weighted by Gasteiger charge is 2.18. The van der Waals surface area contributed by atoms with E-state index in [-0.39, 0.29) is 11.1 Å². The van der Waals surface area contributed by atoms with Crippen LogP contribution in [0, 0.1) is 0 Å². The smallest absolute Gasteiger partial charge is 0.280 e. The maximum absolute atomic E-state index is 12.6. The Balaban J connectivity index is 1.42. The molecule has 0 aliphatic carbocycles. The number of anilines is 4. The topological polar surface area (TPSA) is 114 Å². The van der Waals surface area contributed by atoms with Crippen LogP contribution in [-0.2, 0) is 14.8 Å². The first-order valence-electron chi connectivity index (χ1n) is 9.99. The number of nitrogens with zero attached hydrogens (tertiary/aromatic N) is 5. The maximum Gasteiger partial charge on any atom is 0.280 e. The van der Waals surface area contributed by atoms with Crippen molar-refractivity contribution in [3.8, 4) is 0 Å². The number of hydrogen-bond donors (Lipinski definition) is 2. The van der Waals surface area contributed by atoms with Gasteiger partial charge in [-0.25, -0.2) is 4.98 Å². The van der Waals surface area contributed by atoms with Gasteiger partial charge < -0.3 is 19.5 Å². The average Bonchev–Trinajstić information content (AvgIpc) is 3.28. The molecule has 2 N–H and O–H groups in total. The van der Waals surface area contributed by atoms with Crippen molar-refractivity contribution in [3.05, 3.63) is 49.1 Å². The van der Waals surface area contributed by atoms with Crippen LogP contribution in [0.2, 0.25) is 0 Å². The van der Waals surface area contributed by atoms with E-state index in [4.69, 9.17) is 4.74 Å². The molecule has 31 heavy (non-hydrogen) atoms. The summed E-state index contributed by atoms with van der Waals surface area (Å²) in [6, 6.07) is 8.96. The van der Waals surface area contributed by atoms with E-state index in [0.29, 0.717) is 24.7 Å². The van der Waals surface area contributed by atoms with Gasteiger partial charge in [-0.1, -0.05) is 0 Å². The third-order valence-electron chi connectivity index (χ3n) is 4.88. The molecule has 1 aromatic carbocycles. The second-order valence-corrected chi connectivity index (χ2v) is 9.09. The van der Waals surface area contributed by atoms with Gasteiger partial charge in [0, 0.05) is 42.8 Å². The molecule has 3 aromatic rings. The molecule has 0 amide bonds. The summed E-state index contributed by atoms with van der Waals surface area (Å²) in [7, 11) is -3.76. The highest BCUT2D eigenvalue weighted by molar-refractivity contribution is 7.92. The van der Waals surface area contributed by atoms with Crippen LogP contribution >= 0.6 is 0 Å². The van der Waals surface area contributed by atoms with Crippen LogP contribution in [0.3, 0.4) is 0 Å². The van der Waals surface area contributed by atoms with Gasteiger partial charge in [0.05, 0.1) is 31.4 Å². The van der Waals surface area contributed by atoms with Crippen LogP contribution in [0.15, 0.2) is 54.1 Å². The lowest BCUT2D eigenvalue weighted by molar-refractivity contribution is 0.122. The molecule has 3 heterocycles. The zero-order chi connectivity index (χ0) is 21.8. The Bertz CT molecular complexity index is 1120. The normalized spacial score (nSPS) is 14.6. The summed E-state index contributed by atoms with van der Waals surface area (Å²) in [6.07, 6.45) is 4.76. The number of morpholine rings is 1. The molecule has 0 radical (unpaired) electrons. The predicted octanol–water partition coefficient (Wildman–Crippen LogP) is 2.64. The number of ether oxygens (including phenoxy) is 1. The standard InChI is InChI=1S/C20H25N7O3S/c1-15(2)27-13-20(21-14-27)31(28,29)25-17-5-3-16(4-6-17)23-19-11-18(12-22-24-19)26-7-9-30-10-8-26/h3-6,11-15,25H,7-10H2,1-2H3,(H,23,24). The largest absolute Gasteiger partial charge is 0.378 e. The fourth-order valence-electron chi connectivity index (χ4n) is 3.13. The maximum atomic E-state index is 12.6. The average molecular weight is 444 g/mol. The lowest BCUT2D eigenvalue weighted by Crippen LogP contribution is -2.36. The first-order valence-corrected chi connectivity index (χ1v) is 11.5. The molecule has 1 aliphatic rings. The summed E-state index contributed by atoms with van der Waals surface area (Å²) in [5.74, 6) is 0.608. The van der Waals surface area contributed by atoms with Crippen molar-refractivity contribution in [1.82, 2.24) is 19.7 Å². The van der Waals surface area contributed by atoms with Crippen molar-refractivity contribution in [3.63, 3.8) is 0 Å². The van der Waals surface area contributed by atoms with Gasteiger partial charge in [0.1, 0.15) is 0 Å². The summed E-state index contributed by atoms with van der Waals surface area (Å²) in [4.78, 5) is 6.19. The number of rotatable bonds is 7. The minimum absolute atomic E-state index is 0.0152. The number of nitrogens with one attached hydrogen (secondary N) is 2. The van der Waals surface area contributed by atoms with Gasteiger partial charge in [-0.3, -0.25) is 4.72 Å². The van der Waals surface area contributed by atoms with Gasteiger partial charge in [-0.2, -0.15) is 13.5 Å². The Morgan fingerprint density at radius 1 is 1.10 bits per heavy atom. The summed E-state index contributed by atoms with van der Waals surface area (Å²) in [5, 5.41) is 11.4. The Labute approximate surface area is 181 Å². The molecule has 1 aliphatic heterocycles. The zero-order valence-corrected chi connectivity index (χ0v) is 18.2. The van der Waals surface area contributed by atoms with Crippen molar-refractivity contribution < 1.29 is 13.2 Å². The van der Waals surface area contributed by atoms with Crippen molar-refractivity contribution in [2.45, 2.75) is 24.9 Å². The molecule has 0 atom stereocenters. The first kappa shape index (κ1) is 21.1. The molecule has 1 fully saturated rings. The number of imidazole rings is 1. The third kappa shape index (κ3) is 5.12. The van der Waals surface area contributed by atoms with Crippen LogP contribution in [0.25, 0.3) is 0 Å². The van der Waals surface area contributed by atoms with Crippen LogP contribution in [0.4, 0.5) is 22.9 Å². The van der Waals surface area contributed by atoms with E-state index in [1.807, 2.05) is 19.9 Å². The molecule has 0 spiro atoms. The number of aromatic nitrogens is 4. The molecular weight excluding hydrogens is 418 g/mol. The van der Waals surface area contributed by atoms with Gasteiger partial charge in [0.25, 0.3) is 10.0 Å². The second-order valence-electron chi connectivity index (χ2n) is 7.46. The van der Waals surface area contributed by atoms with Crippen molar-refractivity contribution in [2.75, 3.05) is 41.2 Å². The lowest BCUT2D eigenvalue weighted by Gasteiger charge is -2.28. The van der Waals surface area contributed by atoms with E-state index in [1.165, 1.54) is 12.5 Å². The predicted molar refractivity (Wildman–Crippen MR) is 118 cm³/mol. The molecule has 10 nitrogen and oxygen atoms in total. The molecule has 0 saturated carbocycles. The van der Waals surface area contributed by atoms with Gasteiger partial charge in [-0.15, -0.1) is 5.10 Å². The fraction of sp³-hybridized carbons (Fsp3) is 0.350. The molecule has 4 rings (SSSR count). The Morgan fingerprint density at radius 3 is 2.48 bits per heavy atom. The monoisotopic (exact) mass is 443 g/mol. The quantitative estimate of drug-likeness (QED) is 0.573. The number of benzene rings is 1. The van der Waals surface area contributed by atoms with E-state index in [0.717, 1.165) is 24.5 Å². The molecule has 164 valence electrons.